The van der Waals surface area contributed by atoms with Crippen LogP contribution < -0.4 is 9.47 Å². The second-order valence-electron chi connectivity index (χ2n) is 7.72. The first-order chi connectivity index (χ1) is 15.3. The largest absolute Gasteiger partial charge is 0.507 e. The minimum atomic E-state index is -0.821. The average molecular weight is 440 g/mol. The fourth-order valence-electron chi connectivity index (χ4n) is 3.98. The third-order valence-electron chi connectivity index (χ3n) is 5.80. The highest BCUT2D eigenvalue weighted by atomic mass is 16.5. The van der Waals surface area contributed by atoms with Crippen molar-refractivity contribution in [3.05, 3.63) is 64.2 Å². The van der Waals surface area contributed by atoms with Crippen molar-refractivity contribution >= 4 is 17.4 Å². The first kappa shape index (κ1) is 23.3. The fourth-order valence-corrected chi connectivity index (χ4v) is 3.98. The van der Waals surface area contributed by atoms with Gasteiger partial charge in [-0.2, -0.15) is 0 Å². The first-order valence-electron chi connectivity index (χ1n) is 10.4. The second-order valence-corrected chi connectivity index (χ2v) is 7.72. The Kier molecular flexibility index (Phi) is 7.20. The number of carbonyl (C=O) groups is 2. The molecule has 0 spiro atoms. The average Bonchev–Trinajstić information content (AvgIpc) is 3.04. The van der Waals surface area contributed by atoms with Crippen molar-refractivity contribution in [1.29, 1.82) is 0 Å². The van der Waals surface area contributed by atoms with Crippen molar-refractivity contribution in [2.75, 3.05) is 34.5 Å². The van der Waals surface area contributed by atoms with Crippen molar-refractivity contribution in [3.8, 4) is 11.5 Å². The summed E-state index contributed by atoms with van der Waals surface area (Å²) in [4.78, 5) is 27.6. The molecule has 0 aliphatic carbocycles. The molecule has 0 saturated carbocycles. The van der Waals surface area contributed by atoms with Crippen LogP contribution in [-0.2, 0) is 14.3 Å². The van der Waals surface area contributed by atoms with Gasteiger partial charge in [0.2, 0.25) is 0 Å². The number of aryl methyl sites for hydroxylation is 2. The van der Waals surface area contributed by atoms with Crippen molar-refractivity contribution in [2.24, 2.45) is 0 Å². The summed E-state index contributed by atoms with van der Waals surface area (Å²) in [5.74, 6) is -0.728. The maximum absolute atomic E-state index is 13.1. The van der Waals surface area contributed by atoms with Crippen LogP contribution in [0.1, 0.15) is 34.7 Å². The molecule has 32 heavy (non-hydrogen) atoms. The highest BCUT2D eigenvalue weighted by Gasteiger charge is 2.47. The number of aliphatic hydroxyl groups excluding tert-OH is 1. The monoisotopic (exact) mass is 439 g/mol. The minimum Gasteiger partial charge on any atom is -0.507 e. The molecular formula is C25H29NO6. The van der Waals surface area contributed by atoms with Gasteiger partial charge in [-0.25, -0.2) is 0 Å². The van der Waals surface area contributed by atoms with E-state index in [0.29, 0.717) is 35.7 Å². The van der Waals surface area contributed by atoms with Gasteiger partial charge in [0.1, 0.15) is 5.76 Å². The standard InChI is InChI=1S/C25H29NO6/c1-15-10-11-17(14-16(15)2)22(27)20-21(18-8-6-9-19(31-4)24(18)32-5)26(12-7-13-30-3)25(29)23(20)28/h6,8-11,14,21,27H,7,12-13H2,1-5H3/b22-20+. The summed E-state index contributed by atoms with van der Waals surface area (Å²) in [7, 11) is 4.60. The van der Waals surface area contributed by atoms with Gasteiger partial charge in [-0.1, -0.05) is 24.3 Å². The van der Waals surface area contributed by atoms with E-state index in [1.54, 1.807) is 31.4 Å². The van der Waals surface area contributed by atoms with Gasteiger partial charge in [0, 0.05) is 31.4 Å². The summed E-state index contributed by atoms with van der Waals surface area (Å²) < 4.78 is 16.1. The number of rotatable bonds is 8. The lowest BCUT2D eigenvalue weighted by Gasteiger charge is -2.27. The summed E-state index contributed by atoms with van der Waals surface area (Å²) in [6.45, 7) is 4.61. The smallest absolute Gasteiger partial charge is 0.295 e. The van der Waals surface area contributed by atoms with Crippen LogP contribution in [-0.4, -0.2) is 56.2 Å². The van der Waals surface area contributed by atoms with Crippen LogP contribution in [0.2, 0.25) is 0 Å². The molecule has 0 aromatic heterocycles. The number of para-hydroxylation sites is 1. The number of carbonyl (C=O) groups excluding carboxylic acids is 2. The molecule has 170 valence electrons. The molecule has 0 radical (unpaired) electrons. The fraction of sp³-hybridized carbons (Fsp3) is 0.360. The van der Waals surface area contributed by atoms with E-state index in [-0.39, 0.29) is 17.9 Å². The van der Waals surface area contributed by atoms with Crippen LogP contribution in [0.4, 0.5) is 0 Å². The van der Waals surface area contributed by atoms with E-state index in [4.69, 9.17) is 14.2 Å². The predicted octanol–water partition coefficient (Wildman–Crippen LogP) is 3.78. The lowest BCUT2D eigenvalue weighted by atomic mass is 9.93. The zero-order valence-corrected chi connectivity index (χ0v) is 19.1. The van der Waals surface area contributed by atoms with E-state index in [9.17, 15) is 14.7 Å². The van der Waals surface area contributed by atoms with Gasteiger partial charge >= 0.3 is 0 Å². The third kappa shape index (κ3) is 4.21. The topological polar surface area (TPSA) is 85.3 Å². The number of aliphatic hydroxyl groups is 1. The van der Waals surface area contributed by atoms with Crippen LogP contribution in [0.5, 0.6) is 11.5 Å². The molecule has 7 nitrogen and oxygen atoms in total. The van der Waals surface area contributed by atoms with Crippen LogP contribution in [0.3, 0.4) is 0 Å². The molecule has 1 N–H and O–H groups in total. The van der Waals surface area contributed by atoms with Crippen molar-refractivity contribution in [3.63, 3.8) is 0 Å². The van der Waals surface area contributed by atoms with E-state index >= 15 is 0 Å². The van der Waals surface area contributed by atoms with Crippen LogP contribution in [0, 0.1) is 13.8 Å². The minimum absolute atomic E-state index is 0.0298. The molecule has 1 amide bonds. The summed E-state index contributed by atoms with van der Waals surface area (Å²) in [5, 5.41) is 11.2. The van der Waals surface area contributed by atoms with E-state index in [0.717, 1.165) is 11.1 Å². The Labute approximate surface area is 188 Å². The Morgan fingerprint density at radius 2 is 1.78 bits per heavy atom. The SMILES string of the molecule is COCCCN1C(=O)C(=O)/C(=C(/O)c2ccc(C)c(C)c2)C1c1cccc(OC)c1OC. The van der Waals surface area contributed by atoms with Crippen molar-refractivity contribution < 1.29 is 28.9 Å². The highest BCUT2D eigenvalue weighted by molar-refractivity contribution is 6.46. The molecule has 2 aromatic rings. The van der Waals surface area contributed by atoms with Crippen molar-refractivity contribution in [2.45, 2.75) is 26.3 Å². The Hall–Kier alpha value is -3.32. The van der Waals surface area contributed by atoms with Gasteiger partial charge in [0.15, 0.2) is 11.5 Å². The number of methoxy groups -OCH3 is 3. The molecule has 7 heteroatoms. The van der Waals surface area contributed by atoms with E-state index < -0.39 is 17.7 Å². The molecule has 3 rings (SSSR count). The zero-order valence-electron chi connectivity index (χ0n) is 19.1. The van der Waals surface area contributed by atoms with Crippen LogP contribution in [0.25, 0.3) is 5.76 Å². The summed E-state index contributed by atoms with van der Waals surface area (Å²) in [5.41, 5.74) is 3.11. The highest BCUT2D eigenvalue weighted by Crippen LogP contribution is 2.45. The number of nitrogens with zero attached hydrogens (tertiary/aromatic N) is 1. The van der Waals surface area contributed by atoms with Gasteiger partial charge in [-0.05, 0) is 43.5 Å². The van der Waals surface area contributed by atoms with E-state index in [1.807, 2.05) is 26.0 Å². The molecule has 1 heterocycles. The molecule has 1 saturated heterocycles. The molecule has 1 unspecified atom stereocenters. The number of benzene rings is 2. The quantitative estimate of drug-likeness (QED) is 0.292. The second kappa shape index (κ2) is 9.87. The van der Waals surface area contributed by atoms with Crippen molar-refractivity contribution in [1.82, 2.24) is 4.90 Å². The number of hydrogen-bond acceptors (Lipinski definition) is 6. The maximum Gasteiger partial charge on any atom is 0.295 e. The zero-order chi connectivity index (χ0) is 23.4. The Morgan fingerprint density at radius 3 is 2.41 bits per heavy atom. The van der Waals surface area contributed by atoms with Gasteiger partial charge in [0.05, 0.1) is 25.8 Å². The summed E-state index contributed by atoms with van der Waals surface area (Å²) >= 11 is 0. The molecule has 1 aliphatic heterocycles. The molecule has 1 aliphatic rings. The number of ketones is 1. The van der Waals surface area contributed by atoms with E-state index in [1.165, 1.54) is 19.1 Å². The number of ether oxygens (including phenoxy) is 3. The first-order valence-corrected chi connectivity index (χ1v) is 10.4. The lowest BCUT2D eigenvalue weighted by molar-refractivity contribution is -0.140. The van der Waals surface area contributed by atoms with Gasteiger partial charge in [0.25, 0.3) is 11.7 Å². The number of Topliss-reactive ketones (excluding diaryl/α,β-unsaturated/α-hetero) is 1. The van der Waals surface area contributed by atoms with Gasteiger partial charge < -0.3 is 24.2 Å². The Morgan fingerprint density at radius 1 is 1.03 bits per heavy atom. The number of hydrogen-bond donors (Lipinski definition) is 1. The van der Waals surface area contributed by atoms with Crippen LogP contribution in [0.15, 0.2) is 42.0 Å². The Bertz CT molecular complexity index is 1060. The predicted molar refractivity (Wildman–Crippen MR) is 121 cm³/mol. The van der Waals surface area contributed by atoms with Crippen LogP contribution >= 0.6 is 0 Å². The van der Waals surface area contributed by atoms with Gasteiger partial charge in [-0.15, -0.1) is 0 Å². The number of amides is 1. The lowest BCUT2D eigenvalue weighted by Crippen LogP contribution is -2.31. The summed E-state index contributed by atoms with van der Waals surface area (Å²) in [6.07, 6.45) is 0.538. The molecular weight excluding hydrogens is 410 g/mol. The number of likely N-dealkylation sites (tertiary alicyclic amines) is 1. The molecule has 2 aromatic carbocycles. The Balaban J connectivity index is 2.23. The maximum atomic E-state index is 13.1. The van der Waals surface area contributed by atoms with Gasteiger partial charge in [-0.3, -0.25) is 9.59 Å². The molecule has 0 bridgehead atoms. The third-order valence-corrected chi connectivity index (χ3v) is 5.80. The van der Waals surface area contributed by atoms with E-state index in [2.05, 4.69) is 0 Å². The normalized spacial score (nSPS) is 17.7. The summed E-state index contributed by atoms with van der Waals surface area (Å²) in [6, 6.07) is 9.89. The molecule has 1 atom stereocenters. The molecule has 1 fully saturated rings.